The molecule has 0 aliphatic rings. The zero-order chi connectivity index (χ0) is 56.3. The van der Waals surface area contributed by atoms with Crippen molar-refractivity contribution in [3.05, 3.63) is 87.5 Å². The number of hydrogen-bond donors (Lipinski definition) is 0. The largest absolute Gasteiger partial charge is 0.864 e. The molecule has 0 aliphatic carbocycles. The Morgan fingerprint density at radius 2 is 0.797 bits per heavy atom. The van der Waals surface area contributed by atoms with Gasteiger partial charge in [-0.1, -0.05) is 59.8 Å². The summed E-state index contributed by atoms with van der Waals surface area (Å²) in [4.78, 5) is 0. The maximum absolute atomic E-state index is 15.9. The molecule has 3 unspecified atom stereocenters. The van der Waals surface area contributed by atoms with E-state index in [1.54, 1.807) is 13.8 Å². The standard InChI is InChI=1S/C48H59BF18NO6/c1-8-12-13-14-15-16-17-18-68(30(5)69-19-9-2,31(6)70-20-10-3)42(7,71-21-11-4)41-39(48(65,66)67)28-36(47(62,63)64)29-40(41)74-49(72-37-24-32(43(50,51)52)22-33(25-37)44(53,54)55)73-38-26-34(45(56,57)58)23-35(27-38)46(59,60)61/h22-31H,8-21H2,1-7H3/q+1. The fraction of sp³-hybridized carbons (Fsp3) is 0.625. The van der Waals surface area contributed by atoms with E-state index in [0.717, 1.165) is 32.6 Å². The van der Waals surface area contributed by atoms with Gasteiger partial charge in [-0.2, -0.15) is 79.0 Å². The summed E-state index contributed by atoms with van der Waals surface area (Å²) < 4.78 is 296. The second kappa shape index (κ2) is 25.7. The second-order valence-corrected chi connectivity index (χ2v) is 17.6. The maximum atomic E-state index is 15.9. The van der Waals surface area contributed by atoms with E-state index in [4.69, 9.17) is 28.2 Å². The predicted octanol–water partition coefficient (Wildman–Crippen LogP) is 17.0. The molecule has 0 fully saturated rings. The summed E-state index contributed by atoms with van der Waals surface area (Å²) in [5, 5.41) is 0. The van der Waals surface area contributed by atoms with Gasteiger partial charge in [0.25, 0.3) is 0 Å². The molecule has 0 radical (unpaired) electrons. The van der Waals surface area contributed by atoms with E-state index in [1.165, 1.54) is 20.8 Å². The minimum atomic E-state index is -5.86. The van der Waals surface area contributed by atoms with Crippen molar-refractivity contribution in [3.63, 3.8) is 0 Å². The highest BCUT2D eigenvalue weighted by atomic mass is 19.4. The first kappa shape index (κ1) is 64.0. The van der Waals surface area contributed by atoms with Crippen molar-refractivity contribution in [1.29, 1.82) is 0 Å². The van der Waals surface area contributed by atoms with Gasteiger partial charge in [-0.3, -0.25) is 0 Å². The Labute approximate surface area is 417 Å². The summed E-state index contributed by atoms with van der Waals surface area (Å²) in [5.41, 5.74) is -17.0. The number of hydrogen-bond acceptors (Lipinski definition) is 6. The van der Waals surface area contributed by atoms with Gasteiger partial charge in [0.2, 0.25) is 5.72 Å². The zero-order valence-corrected chi connectivity index (χ0v) is 41.5. The number of halogens is 18. The molecule has 0 bridgehead atoms. The lowest BCUT2D eigenvalue weighted by molar-refractivity contribution is -1.07. The first-order valence-electron chi connectivity index (χ1n) is 23.7. The quantitative estimate of drug-likeness (QED) is 0.0249. The Morgan fingerprint density at radius 1 is 0.432 bits per heavy atom. The van der Waals surface area contributed by atoms with Gasteiger partial charge in [-0.25, -0.2) is 4.48 Å². The van der Waals surface area contributed by atoms with Crippen LogP contribution in [-0.2, 0) is 57.0 Å². The normalized spacial score (nSPS) is 15.6. The fourth-order valence-electron chi connectivity index (χ4n) is 8.40. The summed E-state index contributed by atoms with van der Waals surface area (Å²) in [7, 11) is -3.42. The maximum Gasteiger partial charge on any atom is 0.864 e. The Bertz CT molecular complexity index is 2070. The third-order valence-electron chi connectivity index (χ3n) is 11.9. The third-order valence-corrected chi connectivity index (χ3v) is 11.9. The van der Waals surface area contributed by atoms with Crippen molar-refractivity contribution in [2.75, 3.05) is 26.4 Å². The molecule has 3 rings (SSSR count). The third kappa shape index (κ3) is 16.9. The molecule has 420 valence electrons. The van der Waals surface area contributed by atoms with Crippen LogP contribution in [0.25, 0.3) is 0 Å². The van der Waals surface area contributed by atoms with Crippen LogP contribution in [0.3, 0.4) is 0 Å². The molecule has 0 amide bonds. The van der Waals surface area contributed by atoms with Gasteiger partial charge in [-0.15, -0.1) is 0 Å². The Kier molecular flexibility index (Phi) is 22.2. The monoisotopic (exact) mass is 1100 g/mol. The molecular weight excluding hydrogens is 1040 g/mol. The lowest BCUT2D eigenvalue weighted by Gasteiger charge is -2.56. The van der Waals surface area contributed by atoms with Gasteiger partial charge in [0.05, 0.1) is 65.3 Å². The molecule has 0 spiro atoms. The molecule has 3 atom stereocenters. The van der Waals surface area contributed by atoms with Crippen molar-refractivity contribution in [3.8, 4) is 17.2 Å². The fourth-order valence-corrected chi connectivity index (χ4v) is 8.40. The van der Waals surface area contributed by atoms with Crippen molar-refractivity contribution < 1.29 is 112 Å². The number of nitrogens with zero attached hydrogens (tertiary/aromatic N) is 1. The van der Waals surface area contributed by atoms with E-state index >= 15 is 13.2 Å². The molecule has 0 saturated heterocycles. The van der Waals surface area contributed by atoms with Gasteiger partial charge in [-0.05, 0) is 80.6 Å². The SMILES string of the molecule is CCCCCCCCC[N+](C(C)OCCC)(C(C)OCCC)C(C)(OCCC)c1c(OB(Oc2cc(C(F)(F)F)cc(C(F)(F)F)c2)Oc2cc(C(F)(F)F)cc(C(F)(F)F)c2)cc(C(F)(F)F)cc1C(F)(F)F. The summed E-state index contributed by atoms with van der Waals surface area (Å²) in [6.07, 6.45) is -31.6. The van der Waals surface area contributed by atoms with Gasteiger partial charge in [0.1, 0.15) is 17.2 Å². The highest BCUT2D eigenvalue weighted by Gasteiger charge is 2.62. The summed E-state index contributed by atoms with van der Waals surface area (Å²) in [6, 6.07) is -1.94. The predicted molar refractivity (Wildman–Crippen MR) is 235 cm³/mol. The molecule has 0 N–H and O–H groups in total. The van der Waals surface area contributed by atoms with Crippen molar-refractivity contribution in [1.82, 2.24) is 0 Å². The smallest absolute Gasteiger partial charge is 0.490 e. The molecule has 0 aliphatic heterocycles. The Balaban J connectivity index is 2.70. The van der Waals surface area contributed by atoms with E-state index in [1.807, 2.05) is 6.92 Å². The Morgan fingerprint density at radius 3 is 1.15 bits per heavy atom. The van der Waals surface area contributed by atoms with E-state index in [-0.39, 0.29) is 69.0 Å². The summed E-state index contributed by atoms with van der Waals surface area (Å²) in [6.45, 7) is 9.92. The van der Waals surface area contributed by atoms with Crippen molar-refractivity contribution in [2.45, 2.75) is 168 Å². The highest BCUT2D eigenvalue weighted by Crippen LogP contribution is 2.53. The average Bonchev–Trinajstić information content (AvgIpc) is 3.27. The number of quaternary nitrogens is 1. The zero-order valence-electron chi connectivity index (χ0n) is 41.5. The molecule has 3 aromatic rings. The molecule has 3 aromatic carbocycles. The molecular formula is C48H59BF18NO6+. The summed E-state index contributed by atoms with van der Waals surface area (Å²) >= 11 is 0. The molecule has 26 heteroatoms. The van der Waals surface area contributed by atoms with Crippen LogP contribution < -0.4 is 14.0 Å². The van der Waals surface area contributed by atoms with E-state index in [2.05, 4.69) is 0 Å². The van der Waals surface area contributed by atoms with Gasteiger partial charge < -0.3 is 28.2 Å². The topological polar surface area (TPSA) is 55.4 Å². The van der Waals surface area contributed by atoms with Crippen molar-refractivity contribution in [2.24, 2.45) is 0 Å². The number of ether oxygens (including phenoxy) is 3. The van der Waals surface area contributed by atoms with Crippen LogP contribution >= 0.6 is 0 Å². The molecule has 74 heavy (non-hydrogen) atoms. The number of unbranched alkanes of at least 4 members (excludes halogenated alkanes) is 6. The minimum Gasteiger partial charge on any atom is -0.490 e. The van der Waals surface area contributed by atoms with Crippen LogP contribution in [0.4, 0.5) is 79.0 Å². The van der Waals surface area contributed by atoms with Crippen LogP contribution in [0.15, 0.2) is 48.5 Å². The number of rotatable bonds is 27. The lowest BCUT2D eigenvalue weighted by atomic mass is 9.89. The number of alkyl halides is 18. The van der Waals surface area contributed by atoms with E-state index in [9.17, 15) is 65.9 Å². The van der Waals surface area contributed by atoms with Gasteiger partial charge in [0, 0.05) is 20.8 Å². The number of benzene rings is 3. The van der Waals surface area contributed by atoms with Crippen LogP contribution in [-0.4, -0.2) is 50.6 Å². The molecule has 7 nitrogen and oxygen atoms in total. The van der Waals surface area contributed by atoms with Crippen LogP contribution in [0.5, 0.6) is 17.2 Å². The lowest BCUT2D eigenvalue weighted by Crippen LogP contribution is -2.72. The first-order valence-corrected chi connectivity index (χ1v) is 23.7. The average molecular weight is 1100 g/mol. The molecule has 0 aromatic heterocycles. The van der Waals surface area contributed by atoms with Crippen LogP contribution in [0.1, 0.15) is 152 Å². The Hall–Kier alpha value is -4.30. The van der Waals surface area contributed by atoms with Gasteiger partial charge >= 0.3 is 44.4 Å². The summed E-state index contributed by atoms with van der Waals surface area (Å²) in [5.74, 6) is -4.93. The second-order valence-electron chi connectivity index (χ2n) is 17.6. The minimum absolute atomic E-state index is 0.00259. The van der Waals surface area contributed by atoms with Gasteiger partial charge in [0.15, 0.2) is 12.5 Å². The van der Waals surface area contributed by atoms with E-state index < -0.39 is 142 Å². The van der Waals surface area contributed by atoms with Crippen LogP contribution in [0.2, 0.25) is 0 Å². The first-order chi connectivity index (χ1) is 34.0. The van der Waals surface area contributed by atoms with Crippen molar-refractivity contribution >= 4 is 7.32 Å². The molecule has 0 heterocycles. The highest BCUT2D eigenvalue weighted by molar-refractivity contribution is 6.39. The molecule has 0 saturated carbocycles. The van der Waals surface area contributed by atoms with Crippen LogP contribution in [0, 0.1) is 0 Å². The van der Waals surface area contributed by atoms with E-state index in [0.29, 0.717) is 25.7 Å².